The Morgan fingerprint density at radius 1 is 1.28 bits per heavy atom. The zero-order valence-corrected chi connectivity index (χ0v) is 10.1. The zero-order valence-electron chi connectivity index (χ0n) is 9.33. The second-order valence-corrected chi connectivity index (χ2v) is 4.40. The molecule has 18 heavy (non-hydrogen) atoms. The Labute approximate surface area is 107 Å². The molecule has 1 aromatic heterocycles. The summed E-state index contributed by atoms with van der Waals surface area (Å²) in [6.45, 7) is 0.458. The van der Waals surface area contributed by atoms with E-state index in [2.05, 4.69) is 5.32 Å². The fourth-order valence-corrected chi connectivity index (χ4v) is 2.08. The molecule has 0 aliphatic heterocycles. The van der Waals surface area contributed by atoms with E-state index < -0.39 is 4.92 Å². The third-order valence-corrected chi connectivity index (χ3v) is 3.11. The van der Waals surface area contributed by atoms with Gasteiger partial charge in [0.2, 0.25) is 0 Å². The summed E-state index contributed by atoms with van der Waals surface area (Å²) >= 11 is 1.57. The molecular weight excluding hydrogens is 252 g/mol. The van der Waals surface area contributed by atoms with Crippen LogP contribution in [0.3, 0.4) is 0 Å². The molecule has 0 unspecified atom stereocenters. The van der Waals surface area contributed by atoms with E-state index in [-0.39, 0.29) is 11.6 Å². The molecule has 1 N–H and O–H groups in total. The average molecular weight is 262 g/mol. The van der Waals surface area contributed by atoms with E-state index in [0.717, 1.165) is 5.56 Å². The van der Waals surface area contributed by atoms with Crippen molar-refractivity contribution >= 4 is 22.9 Å². The number of amides is 1. The molecule has 0 fully saturated rings. The molecule has 1 aromatic carbocycles. The van der Waals surface area contributed by atoms with Crippen LogP contribution in [0.15, 0.2) is 41.1 Å². The fourth-order valence-electron chi connectivity index (χ4n) is 1.41. The van der Waals surface area contributed by atoms with Crippen LogP contribution >= 0.6 is 11.3 Å². The molecule has 0 saturated heterocycles. The first-order valence-electron chi connectivity index (χ1n) is 5.20. The third kappa shape index (κ3) is 2.92. The van der Waals surface area contributed by atoms with Crippen LogP contribution in [-0.4, -0.2) is 10.8 Å². The van der Waals surface area contributed by atoms with Gasteiger partial charge in [0.1, 0.15) is 0 Å². The molecule has 6 heteroatoms. The number of nitro benzene ring substituents is 1. The van der Waals surface area contributed by atoms with Crippen molar-refractivity contribution in [3.63, 3.8) is 0 Å². The van der Waals surface area contributed by atoms with Gasteiger partial charge in [-0.2, -0.15) is 11.3 Å². The van der Waals surface area contributed by atoms with Gasteiger partial charge in [-0.15, -0.1) is 0 Å². The van der Waals surface area contributed by atoms with E-state index in [0.29, 0.717) is 12.1 Å². The largest absolute Gasteiger partial charge is 0.348 e. The Hall–Kier alpha value is -2.21. The maximum Gasteiger partial charge on any atom is 0.269 e. The number of hydrogen-bond acceptors (Lipinski definition) is 4. The van der Waals surface area contributed by atoms with Crippen LogP contribution < -0.4 is 5.32 Å². The molecule has 5 nitrogen and oxygen atoms in total. The van der Waals surface area contributed by atoms with Crippen LogP contribution in [0, 0.1) is 10.1 Å². The highest BCUT2D eigenvalue weighted by Crippen LogP contribution is 2.12. The Morgan fingerprint density at radius 2 is 2.00 bits per heavy atom. The van der Waals surface area contributed by atoms with Gasteiger partial charge in [0.05, 0.1) is 4.92 Å². The van der Waals surface area contributed by atoms with Crippen molar-refractivity contribution in [1.82, 2.24) is 5.32 Å². The maximum absolute atomic E-state index is 11.7. The zero-order chi connectivity index (χ0) is 13.0. The van der Waals surface area contributed by atoms with Gasteiger partial charge >= 0.3 is 0 Å². The van der Waals surface area contributed by atoms with Crippen LogP contribution in [-0.2, 0) is 6.54 Å². The van der Waals surface area contributed by atoms with Crippen molar-refractivity contribution in [2.24, 2.45) is 0 Å². The van der Waals surface area contributed by atoms with Crippen molar-refractivity contribution < 1.29 is 9.72 Å². The lowest BCUT2D eigenvalue weighted by atomic mass is 10.2. The van der Waals surface area contributed by atoms with E-state index in [4.69, 9.17) is 0 Å². The predicted octanol–water partition coefficient (Wildman–Crippen LogP) is 2.59. The van der Waals surface area contributed by atoms with Gasteiger partial charge in [0.25, 0.3) is 11.6 Å². The molecule has 0 saturated carbocycles. The van der Waals surface area contributed by atoms with Crippen molar-refractivity contribution in [3.8, 4) is 0 Å². The highest BCUT2D eigenvalue weighted by molar-refractivity contribution is 7.07. The summed E-state index contributed by atoms with van der Waals surface area (Å²) in [7, 11) is 0. The van der Waals surface area contributed by atoms with Gasteiger partial charge in [0, 0.05) is 24.2 Å². The van der Waals surface area contributed by atoms with Crippen molar-refractivity contribution in [1.29, 1.82) is 0 Å². The number of rotatable bonds is 4. The molecule has 0 radical (unpaired) electrons. The minimum Gasteiger partial charge on any atom is -0.348 e. The molecule has 92 valence electrons. The molecule has 0 spiro atoms. The Kier molecular flexibility index (Phi) is 3.69. The highest BCUT2D eigenvalue weighted by atomic mass is 32.1. The summed E-state index contributed by atoms with van der Waals surface area (Å²) in [6.07, 6.45) is 0. The van der Waals surface area contributed by atoms with Crippen molar-refractivity contribution in [2.45, 2.75) is 6.54 Å². The van der Waals surface area contributed by atoms with E-state index in [1.807, 2.05) is 16.8 Å². The lowest BCUT2D eigenvalue weighted by Crippen LogP contribution is -2.22. The van der Waals surface area contributed by atoms with Crippen molar-refractivity contribution in [3.05, 3.63) is 62.3 Å². The van der Waals surface area contributed by atoms with Gasteiger partial charge in [-0.05, 0) is 34.5 Å². The second kappa shape index (κ2) is 5.42. The van der Waals surface area contributed by atoms with Gasteiger partial charge in [-0.1, -0.05) is 0 Å². The standard InChI is InChI=1S/C12H10N2O3S/c15-12(13-7-9-5-6-18-8-9)10-1-3-11(4-2-10)14(16)17/h1-6,8H,7H2,(H,13,15). The number of benzene rings is 1. The second-order valence-electron chi connectivity index (χ2n) is 3.62. The van der Waals surface area contributed by atoms with Crippen LogP contribution in [0.25, 0.3) is 0 Å². The number of non-ortho nitro benzene ring substituents is 1. The summed E-state index contributed by atoms with van der Waals surface area (Å²) in [5.41, 5.74) is 1.43. The molecular formula is C12H10N2O3S. The monoisotopic (exact) mass is 262 g/mol. The van der Waals surface area contributed by atoms with E-state index in [9.17, 15) is 14.9 Å². The third-order valence-electron chi connectivity index (χ3n) is 2.37. The first-order chi connectivity index (χ1) is 8.66. The number of thiophene rings is 1. The predicted molar refractivity (Wildman–Crippen MR) is 68.6 cm³/mol. The number of nitro groups is 1. The molecule has 1 amide bonds. The summed E-state index contributed by atoms with van der Waals surface area (Å²) in [5.74, 6) is -0.240. The Morgan fingerprint density at radius 3 is 2.56 bits per heavy atom. The lowest BCUT2D eigenvalue weighted by molar-refractivity contribution is -0.384. The van der Waals surface area contributed by atoms with Crippen LogP contribution in [0.5, 0.6) is 0 Å². The Bertz CT molecular complexity index is 549. The number of carbonyl (C=O) groups excluding carboxylic acids is 1. The van der Waals surface area contributed by atoms with Gasteiger partial charge in [-0.3, -0.25) is 14.9 Å². The van der Waals surface area contributed by atoms with Gasteiger partial charge in [-0.25, -0.2) is 0 Å². The summed E-state index contributed by atoms with van der Waals surface area (Å²) in [6, 6.07) is 7.46. The van der Waals surface area contributed by atoms with Gasteiger partial charge in [0.15, 0.2) is 0 Å². The van der Waals surface area contributed by atoms with Crippen molar-refractivity contribution in [2.75, 3.05) is 0 Å². The lowest BCUT2D eigenvalue weighted by Gasteiger charge is -2.03. The SMILES string of the molecule is O=C(NCc1ccsc1)c1ccc([N+](=O)[O-])cc1. The molecule has 2 rings (SSSR count). The Balaban J connectivity index is 1.98. The summed E-state index contributed by atoms with van der Waals surface area (Å²) in [4.78, 5) is 21.7. The van der Waals surface area contributed by atoms with Crippen LogP contribution in [0.2, 0.25) is 0 Å². The molecule has 0 atom stereocenters. The molecule has 0 bridgehead atoms. The van der Waals surface area contributed by atoms with Crippen LogP contribution in [0.1, 0.15) is 15.9 Å². The number of hydrogen-bond donors (Lipinski definition) is 1. The average Bonchev–Trinajstić information content (AvgIpc) is 2.89. The first kappa shape index (κ1) is 12.3. The number of nitrogens with zero attached hydrogens (tertiary/aromatic N) is 1. The molecule has 2 aromatic rings. The minimum absolute atomic E-state index is 0.0237. The number of carbonyl (C=O) groups is 1. The first-order valence-corrected chi connectivity index (χ1v) is 6.15. The van der Waals surface area contributed by atoms with Crippen LogP contribution in [0.4, 0.5) is 5.69 Å². The van der Waals surface area contributed by atoms with Gasteiger partial charge < -0.3 is 5.32 Å². The quantitative estimate of drug-likeness (QED) is 0.680. The molecule has 0 aliphatic rings. The maximum atomic E-state index is 11.7. The number of nitrogens with one attached hydrogen (secondary N) is 1. The summed E-state index contributed by atoms with van der Waals surface area (Å²) in [5, 5.41) is 17.1. The van der Waals surface area contributed by atoms with E-state index >= 15 is 0 Å². The topological polar surface area (TPSA) is 72.2 Å². The van der Waals surface area contributed by atoms with E-state index in [1.165, 1.54) is 24.3 Å². The molecule has 1 heterocycles. The smallest absolute Gasteiger partial charge is 0.269 e. The fraction of sp³-hybridized carbons (Fsp3) is 0.0833. The molecule has 0 aliphatic carbocycles. The highest BCUT2D eigenvalue weighted by Gasteiger charge is 2.08. The summed E-state index contributed by atoms with van der Waals surface area (Å²) < 4.78 is 0. The normalized spacial score (nSPS) is 10.0. The minimum atomic E-state index is -0.493. The van der Waals surface area contributed by atoms with E-state index in [1.54, 1.807) is 11.3 Å².